The van der Waals surface area contributed by atoms with E-state index in [0.717, 1.165) is 0 Å². The molecule has 146 valence electrons. The molecule has 0 aromatic rings. The van der Waals surface area contributed by atoms with Gasteiger partial charge in [-0.25, -0.2) is 0 Å². The van der Waals surface area contributed by atoms with Crippen molar-refractivity contribution in [3.63, 3.8) is 0 Å². The van der Waals surface area contributed by atoms with Gasteiger partial charge < -0.3 is 50.2 Å². The number of carbonyl (C=O) groups is 1. The molecule has 0 saturated carbocycles. The summed E-state index contributed by atoms with van der Waals surface area (Å²) in [5.41, 5.74) is 0. The Balaban J connectivity index is 1.94. The first-order valence-corrected chi connectivity index (χ1v) is 7.91. The summed E-state index contributed by atoms with van der Waals surface area (Å²) in [5.74, 6) is -0.520. The lowest BCUT2D eigenvalue weighted by atomic mass is 9.97. The van der Waals surface area contributed by atoms with Crippen molar-refractivity contribution in [2.75, 3.05) is 6.61 Å². The molecule has 0 aliphatic carbocycles. The Hall–Kier alpha value is -0.890. The number of carbonyl (C=O) groups excluding carboxylic acids is 1. The number of amides is 1. The van der Waals surface area contributed by atoms with Crippen LogP contribution in [0, 0.1) is 0 Å². The molecule has 0 spiro atoms. The molecule has 2 rings (SSSR count). The summed E-state index contributed by atoms with van der Waals surface area (Å²) in [4.78, 5) is 11.1. The van der Waals surface area contributed by atoms with Crippen molar-refractivity contribution in [2.24, 2.45) is 0 Å². The fourth-order valence-corrected chi connectivity index (χ4v) is 2.82. The molecular weight excluding hydrogens is 342 g/mol. The summed E-state index contributed by atoms with van der Waals surface area (Å²) in [5, 5.41) is 61.4. The summed E-state index contributed by atoms with van der Waals surface area (Å²) >= 11 is 0. The Morgan fingerprint density at radius 1 is 0.960 bits per heavy atom. The maximum Gasteiger partial charge on any atom is 0.217 e. The molecule has 2 saturated heterocycles. The predicted octanol–water partition coefficient (Wildman–Crippen LogP) is -4.23. The molecule has 7 N–H and O–H groups in total. The maximum atomic E-state index is 11.1. The second-order valence-electron chi connectivity index (χ2n) is 6.29. The van der Waals surface area contributed by atoms with Crippen molar-refractivity contribution in [3.8, 4) is 0 Å². The van der Waals surface area contributed by atoms with Gasteiger partial charge >= 0.3 is 0 Å². The van der Waals surface area contributed by atoms with E-state index < -0.39 is 67.3 Å². The van der Waals surface area contributed by atoms with E-state index in [4.69, 9.17) is 14.2 Å². The van der Waals surface area contributed by atoms with Crippen LogP contribution >= 0.6 is 0 Å². The van der Waals surface area contributed by atoms with Crippen LogP contribution in [0.25, 0.3) is 0 Å². The van der Waals surface area contributed by atoms with Crippen LogP contribution in [0.4, 0.5) is 0 Å². The molecule has 11 heteroatoms. The van der Waals surface area contributed by atoms with E-state index in [-0.39, 0.29) is 6.61 Å². The third-order valence-corrected chi connectivity index (χ3v) is 4.32. The van der Waals surface area contributed by atoms with E-state index in [0.29, 0.717) is 0 Å². The molecule has 2 aliphatic heterocycles. The fourth-order valence-electron chi connectivity index (χ4n) is 2.82. The van der Waals surface area contributed by atoms with Crippen LogP contribution in [0.3, 0.4) is 0 Å². The average molecular weight is 367 g/mol. The number of aliphatic hydroxyl groups is 6. The van der Waals surface area contributed by atoms with Crippen LogP contribution < -0.4 is 5.32 Å². The van der Waals surface area contributed by atoms with Crippen molar-refractivity contribution < 1.29 is 49.6 Å². The van der Waals surface area contributed by atoms with Crippen LogP contribution in [0.5, 0.6) is 0 Å². The van der Waals surface area contributed by atoms with Gasteiger partial charge in [0.05, 0.1) is 12.7 Å². The normalized spacial score (nSPS) is 48.2. The van der Waals surface area contributed by atoms with Crippen molar-refractivity contribution >= 4 is 5.91 Å². The van der Waals surface area contributed by atoms with Crippen LogP contribution in [-0.2, 0) is 19.0 Å². The van der Waals surface area contributed by atoms with Crippen molar-refractivity contribution in [1.29, 1.82) is 0 Å². The predicted molar refractivity (Wildman–Crippen MR) is 78.8 cm³/mol. The highest BCUT2D eigenvalue weighted by atomic mass is 16.7. The third kappa shape index (κ3) is 4.45. The van der Waals surface area contributed by atoms with Gasteiger partial charge in [-0.05, 0) is 6.92 Å². The van der Waals surface area contributed by atoms with Crippen LogP contribution in [0.2, 0.25) is 0 Å². The van der Waals surface area contributed by atoms with E-state index in [9.17, 15) is 35.4 Å². The lowest BCUT2D eigenvalue weighted by Crippen LogP contribution is -2.64. The van der Waals surface area contributed by atoms with Crippen LogP contribution in [-0.4, -0.2) is 105 Å². The van der Waals surface area contributed by atoms with Gasteiger partial charge in [0.15, 0.2) is 12.6 Å². The molecular formula is C14H25NO10. The number of hydrogen-bond donors (Lipinski definition) is 7. The quantitative estimate of drug-likeness (QED) is 0.257. The number of nitrogens with one attached hydrogen (secondary N) is 1. The van der Waals surface area contributed by atoms with Gasteiger partial charge in [0.25, 0.3) is 0 Å². The van der Waals surface area contributed by atoms with Crippen molar-refractivity contribution in [2.45, 2.75) is 75.2 Å². The fraction of sp³-hybridized carbons (Fsp3) is 0.929. The molecule has 11 nitrogen and oxygen atoms in total. The molecule has 0 radical (unpaired) electrons. The average Bonchev–Trinajstić information content (AvgIpc) is 2.55. The second kappa shape index (κ2) is 8.20. The Labute approximate surface area is 143 Å². The highest BCUT2D eigenvalue weighted by Crippen LogP contribution is 2.24. The summed E-state index contributed by atoms with van der Waals surface area (Å²) < 4.78 is 15.6. The summed E-state index contributed by atoms with van der Waals surface area (Å²) in [6.45, 7) is 2.27. The van der Waals surface area contributed by atoms with E-state index in [1.165, 1.54) is 13.8 Å². The van der Waals surface area contributed by atoms with Gasteiger partial charge in [-0.2, -0.15) is 0 Å². The Morgan fingerprint density at radius 2 is 1.60 bits per heavy atom. The first-order valence-electron chi connectivity index (χ1n) is 7.91. The molecule has 0 aromatic heterocycles. The Morgan fingerprint density at radius 3 is 2.20 bits per heavy atom. The standard InChI is InChI=1S/C14H25NO10/c1-4-8(17)11(20)12(21)14(24-4)23-3-6-9(18)10(19)7(13(22)25-6)15-5(2)16/h4,6-14,17-22H,3H2,1-2H3,(H,15,16)/t4-,6+,7+,8+,9-,10+,11+,12-,13-,14-/m0/s1. The minimum atomic E-state index is -1.58. The van der Waals surface area contributed by atoms with Crippen molar-refractivity contribution in [1.82, 2.24) is 5.32 Å². The Kier molecular flexibility index (Phi) is 6.70. The minimum Gasteiger partial charge on any atom is -0.388 e. The van der Waals surface area contributed by atoms with Gasteiger partial charge in [0.1, 0.15) is 42.7 Å². The highest BCUT2D eigenvalue weighted by molar-refractivity contribution is 5.73. The topological polar surface area (TPSA) is 178 Å². The molecule has 2 fully saturated rings. The largest absolute Gasteiger partial charge is 0.388 e. The molecule has 2 aliphatic rings. The first kappa shape index (κ1) is 20.4. The Bertz CT molecular complexity index is 465. The first-order chi connectivity index (χ1) is 11.6. The number of ether oxygens (including phenoxy) is 3. The molecule has 2 heterocycles. The van der Waals surface area contributed by atoms with Gasteiger partial charge in [-0.15, -0.1) is 0 Å². The zero-order valence-electron chi connectivity index (χ0n) is 13.8. The molecule has 0 aromatic carbocycles. The monoisotopic (exact) mass is 367 g/mol. The molecule has 0 unspecified atom stereocenters. The van der Waals surface area contributed by atoms with Gasteiger partial charge in [-0.1, -0.05) is 0 Å². The second-order valence-corrected chi connectivity index (χ2v) is 6.29. The zero-order chi connectivity index (χ0) is 18.9. The van der Waals surface area contributed by atoms with Crippen LogP contribution in [0.15, 0.2) is 0 Å². The van der Waals surface area contributed by atoms with E-state index in [1.807, 2.05) is 0 Å². The van der Waals surface area contributed by atoms with E-state index >= 15 is 0 Å². The summed E-state index contributed by atoms with van der Waals surface area (Å²) in [7, 11) is 0. The molecule has 25 heavy (non-hydrogen) atoms. The molecule has 0 bridgehead atoms. The summed E-state index contributed by atoms with van der Waals surface area (Å²) in [6.07, 6.45) is -12.2. The van der Waals surface area contributed by atoms with E-state index in [2.05, 4.69) is 5.32 Å². The van der Waals surface area contributed by atoms with Crippen LogP contribution in [0.1, 0.15) is 13.8 Å². The van der Waals surface area contributed by atoms with Gasteiger partial charge in [-0.3, -0.25) is 4.79 Å². The lowest BCUT2D eigenvalue weighted by Gasteiger charge is -2.42. The molecule has 1 amide bonds. The van der Waals surface area contributed by atoms with Gasteiger partial charge in [0.2, 0.25) is 5.91 Å². The lowest BCUT2D eigenvalue weighted by molar-refractivity contribution is -0.313. The summed E-state index contributed by atoms with van der Waals surface area (Å²) in [6, 6.07) is -1.21. The molecule has 10 atom stereocenters. The third-order valence-electron chi connectivity index (χ3n) is 4.32. The van der Waals surface area contributed by atoms with E-state index in [1.54, 1.807) is 0 Å². The maximum absolute atomic E-state index is 11.1. The number of aliphatic hydroxyl groups excluding tert-OH is 6. The smallest absolute Gasteiger partial charge is 0.217 e. The number of rotatable bonds is 4. The SMILES string of the molecule is CC(=O)N[C@@H]1[C@@H](O)[C@@H](O)[C@@H](CO[C@H]2O[C@@H](C)[C@@H](O)[C@@H](O)[C@@H]2O)O[C@@H]1O. The van der Waals surface area contributed by atoms with Crippen molar-refractivity contribution in [3.05, 3.63) is 0 Å². The zero-order valence-corrected chi connectivity index (χ0v) is 13.8. The minimum absolute atomic E-state index is 0.390. The highest BCUT2D eigenvalue weighted by Gasteiger charge is 2.46. The van der Waals surface area contributed by atoms with Gasteiger partial charge in [0, 0.05) is 6.92 Å². The number of hydrogen-bond acceptors (Lipinski definition) is 10.